The highest BCUT2D eigenvalue weighted by Gasteiger charge is 2.30. The summed E-state index contributed by atoms with van der Waals surface area (Å²) in [5.41, 5.74) is 0. The molecule has 90 heavy (non-hydrogen) atoms. The molecule has 0 aromatic rings. The summed E-state index contributed by atoms with van der Waals surface area (Å²) >= 11 is 0. The maximum absolute atomic E-state index is 13.0. The summed E-state index contributed by atoms with van der Waals surface area (Å²) in [6.07, 6.45) is 43.3. The molecule has 0 aliphatic carbocycles. The summed E-state index contributed by atoms with van der Waals surface area (Å²) in [5.74, 6) is 0.821. The summed E-state index contributed by atoms with van der Waals surface area (Å²) in [4.78, 5) is 72.5. The second-order valence-corrected chi connectivity index (χ2v) is 30.4. The van der Waals surface area contributed by atoms with E-state index in [-0.39, 0.29) is 25.7 Å². The van der Waals surface area contributed by atoms with Crippen molar-refractivity contribution in [2.75, 3.05) is 39.6 Å². The predicted octanol–water partition coefficient (Wildman–Crippen LogP) is 20.1. The van der Waals surface area contributed by atoms with Crippen LogP contribution in [0.15, 0.2) is 0 Å². The Labute approximate surface area is 549 Å². The number of carbonyl (C=O) groups excluding carboxylic acids is 4. The minimum absolute atomic E-state index is 0.103. The van der Waals surface area contributed by atoms with E-state index >= 15 is 0 Å². The van der Waals surface area contributed by atoms with Crippen molar-refractivity contribution in [1.82, 2.24) is 0 Å². The van der Waals surface area contributed by atoms with Crippen LogP contribution in [0, 0.1) is 23.7 Å². The lowest BCUT2D eigenvalue weighted by atomic mass is 10.0. The lowest BCUT2D eigenvalue weighted by molar-refractivity contribution is -0.161. The molecule has 0 saturated heterocycles. The molecule has 0 aromatic carbocycles. The third-order valence-corrected chi connectivity index (χ3v) is 18.2. The number of esters is 4. The molecule has 0 aromatic heterocycles. The molecule has 0 aliphatic heterocycles. The number of rotatable bonds is 68. The van der Waals surface area contributed by atoms with E-state index in [0.29, 0.717) is 31.6 Å². The van der Waals surface area contributed by atoms with Gasteiger partial charge in [0.2, 0.25) is 0 Å². The van der Waals surface area contributed by atoms with Crippen LogP contribution in [0.3, 0.4) is 0 Å². The quantitative estimate of drug-likeness (QED) is 0.0222. The zero-order valence-corrected chi connectivity index (χ0v) is 60.6. The van der Waals surface area contributed by atoms with Crippen molar-refractivity contribution in [2.24, 2.45) is 23.7 Å². The number of unbranched alkanes of at least 4 members (excludes halogenated alkanes) is 34. The highest BCUT2D eigenvalue weighted by atomic mass is 31.2. The van der Waals surface area contributed by atoms with E-state index in [4.69, 9.17) is 37.0 Å². The van der Waals surface area contributed by atoms with Gasteiger partial charge in [-0.25, -0.2) is 9.13 Å². The Kier molecular flexibility index (Phi) is 59.4. The molecule has 3 unspecified atom stereocenters. The van der Waals surface area contributed by atoms with Crippen molar-refractivity contribution >= 4 is 39.5 Å². The summed E-state index contributed by atoms with van der Waals surface area (Å²) < 4.78 is 68.3. The van der Waals surface area contributed by atoms with E-state index in [9.17, 15) is 43.2 Å². The third kappa shape index (κ3) is 64.8. The molecule has 534 valence electrons. The van der Waals surface area contributed by atoms with Gasteiger partial charge in [0.1, 0.15) is 19.3 Å². The van der Waals surface area contributed by atoms with Crippen molar-refractivity contribution in [3.05, 3.63) is 0 Å². The molecular formula is C71H138O17P2. The molecule has 0 saturated carbocycles. The Balaban J connectivity index is 5.22. The lowest BCUT2D eigenvalue weighted by Crippen LogP contribution is -2.30. The van der Waals surface area contributed by atoms with Gasteiger partial charge in [-0.15, -0.1) is 0 Å². The number of ether oxygens (including phenoxy) is 4. The van der Waals surface area contributed by atoms with Crippen LogP contribution in [0.25, 0.3) is 0 Å². The maximum Gasteiger partial charge on any atom is 0.472 e. The summed E-state index contributed by atoms with van der Waals surface area (Å²) in [6, 6.07) is 0. The van der Waals surface area contributed by atoms with Crippen molar-refractivity contribution in [2.45, 2.75) is 369 Å². The van der Waals surface area contributed by atoms with E-state index in [0.717, 1.165) is 114 Å². The van der Waals surface area contributed by atoms with E-state index in [1.54, 1.807) is 0 Å². The smallest absolute Gasteiger partial charge is 0.462 e. The first-order valence-electron chi connectivity index (χ1n) is 36.7. The molecule has 0 amide bonds. The van der Waals surface area contributed by atoms with E-state index in [1.807, 2.05) is 0 Å². The van der Waals surface area contributed by atoms with Crippen LogP contribution in [0.5, 0.6) is 0 Å². The molecule has 0 bridgehead atoms. The van der Waals surface area contributed by atoms with Crippen LogP contribution < -0.4 is 0 Å². The molecule has 19 heteroatoms. The van der Waals surface area contributed by atoms with Gasteiger partial charge in [-0.2, -0.15) is 0 Å². The number of aliphatic hydroxyl groups is 1. The minimum Gasteiger partial charge on any atom is -0.462 e. The first-order valence-corrected chi connectivity index (χ1v) is 39.7. The fraction of sp³-hybridized carbons (Fsp3) is 0.944. The Bertz CT molecular complexity index is 1780. The standard InChI is InChI=1S/C71H138O17P2/c1-61(2)47-39-31-23-16-14-12-10-9-11-13-15-17-28-37-45-53-70(75)87-66(57-81-68(73)51-43-35-27-20-18-24-32-40-48-62(3)4)59-85-89(77,78)83-55-65(72)56-84-90(79,80)86-60-67(58-82-69(74)52-44-36-30-22-26-34-42-50-64(7)8)88-71(76)54-46-38-29-21-19-25-33-41-49-63(5)6/h61-67,72H,9-60H2,1-8H3,(H,77,78)(H,79,80)/t65?,66-,67-/m1/s1. The highest BCUT2D eigenvalue weighted by Crippen LogP contribution is 2.45. The van der Waals surface area contributed by atoms with Gasteiger partial charge in [-0.3, -0.25) is 37.3 Å². The van der Waals surface area contributed by atoms with Gasteiger partial charge in [0.05, 0.1) is 26.4 Å². The van der Waals surface area contributed by atoms with Gasteiger partial charge in [-0.05, 0) is 49.4 Å². The van der Waals surface area contributed by atoms with E-state index in [1.165, 1.54) is 148 Å². The zero-order chi connectivity index (χ0) is 66.8. The van der Waals surface area contributed by atoms with Gasteiger partial charge >= 0.3 is 39.5 Å². The molecule has 3 N–H and O–H groups in total. The van der Waals surface area contributed by atoms with Gasteiger partial charge in [0.15, 0.2) is 12.2 Å². The summed E-state index contributed by atoms with van der Waals surface area (Å²) in [7, 11) is -9.90. The van der Waals surface area contributed by atoms with Crippen LogP contribution >= 0.6 is 15.6 Å². The number of phosphoric ester groups is 2. The fourth-order valence-electron chi connectivity index (χ4n) is 10.7. The first kappa shape index (κ1) is 88.1. The van der Waals surface area contributed by atoms with Crippen molar-refractivity contribution in [1.29, 1.82) is 0 Å². The van der Waals surface area contributed by atoms with Gasteiger partial charge in [0.25, 0.3) is 0 Å². The molecular weight excluding hydrogens is 1190 g/mol. The Morgan fingerprint density at radius 1 is 0.278 bits per heavy atom. The first-order chi connectivity index (χ1) is 43.1. The number of hydrogen-bond acceptors (Lipinski definition) is 15. The molecule has 0 rings (SSSR count). The summed E-state index contributed by atoms with van der Waals surface area (Å²) in [6.45, 7) is 14.1. The van der Waals surface area contributed by atoms with Gasteiger partial charge in [0, 0.05) is 25.7 Å². The highest BCUT2D eigenvalue weighted by molar-refractivity contribution is 7.47. The van der Waals surface area contributed by atoms with Crippen LogP contribution in [0.2, 0.25) is 0 Å². The number of hydrogen-bond donors (Lipinski definition) is 3. The molecule has 0 heterocycles. The normalized spacial score (nSPS) is 14.3. The van der Waals surface area contributed by atoms with Crippen molar-refractivity contribution < 1.29 is 80.2 Å². The van der Waals surface area contributed by atoms with Crippen LogP contribution in [-0.2, 0) is 65.4 Å². The largest absolute Gasteiger partial charge is 0.472 e. The number of carbonyl (C=O) groups is 4. The maximum atomic E-state index is 13.0. The lowest BCUT2D eigenvalue weighted by Gasteiger charge is -2.21. The van der Waals surface area contributed by atoms with Crippen LogP contribution in [0.4, 0.5) is 0 Å². The van der Waals surface area contributed by atoms with Crippen LogP contribution in [-0.4, -0.2) is 96.7 Å². The molecule has 17 nitrogen and oxygen atoms in total. The summed E-state index contributed by atoms with van der Waals surface area (Å²) in [5, 5.41) is 10.6. The minimum atomic E-state index is -4.95. The molecule has 0 aliphatic rings. The molecule has 0 radical (unpaired) electrons. The van der Waals surface area contributed by atoms with E-state index < -0.39 is 97.5 Å². The van der Waals surface area contributed by atoms with Gasteiger partial charge < -0.3 is 33.8 Å². The average molecular weight is 1330 g/mol. The molecule has 0 spiro atoms. The Morgan fingerprint density at radius 3 is 0.689 bits per heavy atom. The number of aliphatic hydroxyl groups excluding tert-OH is 1. The van der Waals surface area contributed by atoms with Crippen molar-refractivity contribution in [3.63, 3.8) is 0 Å². The Hall–Kier alpha value is -1.94. The third-order valence-electron chi connectivity index (χ3n) is 16.3. The fourth-order valence-corrected chi connectivity index (χ4v) is 12.2. The SMILES string of the molecule is CC(C)CCCCCCCCCCCCCCCCCC(=O)O[C@H](COC(=O)CCCCCCCCCCC(C)C)COP(=O)(O)OCC(O)COP(=O)(O)OC[C@@H](COC(=O)CCCCCCCCCC(C)C)OC(=O)CCCCCCCCCCC(C)C. The number of phosphoric acid groups is 2. The molecule has 0 fully saturated rings. The van der Waals surface area contributed by atoms with E-state index in [2.05, 4.69) is 55.4 Å². The van der Waals surface area contributed by atoms with Crippen LogP contribution in [0.1, 0.15) is 351 Å². The second kappa shape index (κ2) is 60.7. The van der Waals surface area contributed by atoms with Crippen molar-refractivity contribution in [3.8, 4) is 0 Å². The topological polar surface area (TPSA) is 237 Å². The Morgan fingerprint density at radius 2 is 0.467 bits per heavy atom. The van der Waals surface area contributed by atoms with Gasteiger partial charge in [-0.1, -0.05) is 299 Å². The molecule has 5 atom stereocenters. The second-order valence-electron chi connectivity index (χ2n) is 27.5. The average Bonchev–Trinajstić information content (AvgIpc) is 3.70. The zero-order valence-electron chi connectivity index (χ0n) is 58.8. The monoisotopic (exact) mass is 1320 g/mol. The predicted molar refractivity (Wildman–Crippen MR) is 363 cm³/mol.